The summed E-state index contributed by atoms with van der Waals surface area (Å²) >= 11 is 0. The highest BCUT2D eigenvalue weighted by molar-refractivity contribution is 7.15. The molecule has 8 heterocycles. The number of carbonyl (C=O) groups is 8. The SMILES string of the molecule is CC(C)(C)OC(=O)CCC(=O)O.CC(C)(C)OC(=O)NCC(=O)O.CC[C@@]1(O)C(=O)OCc2c1cc1n(c2=O)Cc2cc3ccccc3nc2-1.CC[C@@]1(OC(=O)CNC(=O)OC(C)(C)C)C(=O)OCc2c1cc1n(c2=O)Cc2cc3ccccc3nc2-1.[3H]CP. The van der Waals surface area contributed by atoms with Gasteiger partial charge in [0.05, 0.1) is 70.9 Å². The lowest BCUT2D eigenvalue weighted by atomic mass is 9.85. The molecule has 0 bridgehead atoms. The van der Waals surface area contributed by atoms with Crippen LogP contribution in [0.25, 0.3) is 44.6 Å². The summed E-state index contributed by atoms with van der Waals surface area (Å²) in [6, 6.07) is 22.9. The van der Waals surface area contributed by atoms with Crippen LogP contribution in [0.15, 0.2) is 82.4 Å². The molecule has 0 spiro atoms. The van der Waals surface area contributed by atoms with E-state index in [2.05, 4.69) is 19.9 Å². The number of carbonyl (C=O) groups excluding carboxylic acids is 6. The van der Waals surface area contributed by atoms with Crippen LogP contribution in [0.4, 0.5) is 9.59 Å². The zero-order valence-electron chi connectivity index (χ0n) is 52.4. The van der Waals surface area contributed by atoms with Gasteiger partial charge in [0.1, 0.15) is 43.1 Å². The van der Waals surface area contributed by atoms with Gasteiger partial charge in [0, 0.05) is 34.4 Å². The van der Waals surface area contributed by atoms with Crippen LogP contribution in [0.2, 0.25) is 0 Å². The molecule has 0 aliphatic carbocycles. The van der Waals surface area contributed by atoms with Gasteiger partial charge in [-0.15, -0.1) is 9.24 Å². The number of alkyl carbamates (subject to hydrolysis) is 2. The zero-order chi connectivity index (χ0) is 66.8. The number of nitrogens with zero attached hydrogens (tertiary/aromatic N) is 4. The molecule has 0 saturated heterocycles. The van der Waals surface area contributed by atoms with Gasteiger partial charge in [-0.3, -0.25) is 28.8 Å². The van der Waals surface area contributed by atoms with Crippen molar-refractivity contribution >= 4 is 79.0 Å². The minimum atomic E-state index is -1.84. The van der Waals surface area contributed by atoms with Gasteiger partial charge in [0.2, 0.25) is 5.60 Å². The topological polar surface area (TPSA) is 346 Å². The van der Waals surface area contributed by atoms with Gasteiger partial charge in [0.15, 0.2) is 5.60 Å². The maximum absolute atomic E-state index is 13.5. The number of rotatable bonds is 10. The Labute approximate surface area is 516 Å². The molecule has 4 aliphatic rings. The van der Waals surface area contributed by atoms with Gasteiger partial charge in [-0.1, -0.05) is 56.9 Å². The zero-order valence-corrected chi connectivity index (χ0v) is 52.6. The molecule has 1 unspecified atom stereocenters. The van der Waals surface area contributed by atoms with E-state index in [1.165, 1.54) is 0 Å². The second-order valence-electron chi connectivity index (χ2n) is 23.6. The molecule has 89 heavy (non-hydrogen) atoms. The smallest absolute Gasteiger partial charge is 0.408 e. The molecule has 25 nitrogen and oxygen atoms in total. The van der Waals surface area contributed by atoms with Crippen LogP contribution in [-0.4, -0.2) is 119 Å². The first-order valence-electron chi connectivity index (χ1n) is 29.0. The molecule has 6 aromatic rings. The molecule has 10 rings (SSSR count). The van der Waals surface area contributed by atoms with Crippen molar-refractivity contribution in [2.45, 2.75) is 156 Å². The van der Waals surface area contributed by atoms with E-state index < -0.39 is 89.1 Å². The molecule has 3 atom stereocenters. The number of fused-ring (bicyclic) bond motifs is 10. The third kappa shape index (κ3) is 16.6. The Bertz CT molecular complexity index is 3860. The fraction of sp³-hybridized carbons (Fsp3) is 0.429. The van der Waals surface area contributed by atoms with Crippen molar-refractivity contribution in [2.75, 3.05) is 19.7 Å². The van der Waals surface area contributed by atoms with Crippen LogP contribution in [0, 0.1) is 0 Å². The van der Waals surface area contributed by atoms with E-state index in [0.29, 0.717) is 47.9 Å². The van der Waals surface area contributed by atoms with Gasteiger partial charge in [0.25, 0.3) is 11.1 Å². The standard InChI is InChI=1S/C27H27N3O7.C20H16N2O4.C8H14O4.C7H13NO4.CH5P/c1-5-27(36-21(31)12-28-25(34)37-26(2,3)4)18-11-20-22-16(10-15-8-6-7-9-19(15)29-22)13-30(20)23(32)17(18)14-35-24(27)33;1-2-20(25)14-8-16-17-12(7-11-5-3-4-6-15(11)21-17)9-22(16)18(23)13(14)10-26-19(20)24;1-8(2,3)12-7(11)5-4-6(9)10;1-7(2,3)12-6(11)8-4-5(9)10;1-2/h6-11H,5,12-14H2,1-4H3,(H,28,34);3-8,25H,2,9-10H2,1H3;4-5H2,1-3H3,(H,9,10);4H2,1-3H3,(H,8,11)(H,9,10);2H2,1H3/t27-;20-;;;/m00.../s1/i;;;;1T. The van der Waals surface area contributed by atoms with Crippen LogP contribution in [0.5, 0.6) is 0 Å². The number of carboxylic acid groups (broad SMARTS) is 2. The summed E-state index contributed by atoms with van der Waals surface area (Å²) in [5.74, 6) is -4.90. The highest BCUT2D eigenvalue weighted by Gasteiger charge is 2.51. The summed E-state index contributed by atoms with van der Waals surface area (Å²) in [5, 5.41) is 33.7. The van der Waals surface area contributed by atoms with E-state index in [1.807, 2.05) is 60.7 Å². The van der Waals surface area contributed by atoms with Gasteiger partial charge in [-0.2, -0.15) is 0 Å². The number of ether oxygens (including phenoxy) is 6. The van der Waals surface area contributed by atoms with Gasteiger partial charge in [-0.25, -0.2) is 29.1 Å². The summed E-state index contributed by atoms with van der Waals surface area (Å²) in [4.78, 5) is 128. The quantitative estimate of drug-likeness (QED) is 0.0502. The lowest BCUT2D eigenvalue weighted by molar-refractivity contribution is -0.188. The molecular formula is C63H75N6O19P. The number of aromatic nitrogens is 4. The number of benzene rings is 2. The van der Waals surface area contributed by atoms with E-state index >= 15 is 0 Å². The van der Waals surface area contributed by atoms with Gasteiger partial charge < -0.3 is 63.5 Å². The highest BCUT2D eigenvalue weighted by atomic mass is 31.0. The van der Waals surface area contributed by atoms with E-state index in [9.17, 15) is 53.1 Å². The summed E-state index contributed by atoms with van der Waals surface area (Å²) in [5.41, 5.74) is 1.13. The van der Waals surface area contributed by atoms with Crippen molar-refractivity contribution in [3.8, 4) is 22.8 Å². The molecule has 2 aromatic carbocycles. The van der Waals surface area contributed by atoms with Gasteiger partial charge >= 0.3 is 48.0 Å². The third-order valence-corrected chi connectivity index (χ3v) is 13.6. The van der Waals surface area contributed by atoms with Crippen LogP contribution in [-0.2, 0) is 94.7 Å². The Morgan fingerprint density at radius 2 is 1.06 bits per heavy atom. The first-order valence-corrected chi connectivity index (χ1v) is 29.1. The predicted octanol–water partition coefficient (Wildman–Crippen LogP) is 7.51. The molecule has 0 radical (unpaired) electrons. The minimum absolute atomic E-state index is 0.0257. The summed E-state index contributed by atoms with van der Waals surface area (Å²) < 4.78 is 40.3. The Morgan fingerprint density at radius 1 is 0.618 bits per heavy atom. The summed E-state index contributed by atoms with van der Waals surface area (Å²) in [6.45, 7) is 18.7. The molecule has 5 N–H and O–H groups in total. The molecular weight excluding hydrogens is 1180 g/mol. The average molecular weight is 1250 g/mol. The third-order valence-electron chi connectivity index (χ3n) is 13.6. The van der Waals surface area contributed by atoms with Crippen molar-refractivity contribution in [1.82, 2.24) is 29.7 Å². The second kappa shape index (κ2) is 27.9. The number of aliphatic carboxylic acids is 2. The van der Waals surface area contributed by atoms with Crippen molar-refractivity contribution in [1.29, 1.82) is 0 Å². The Kier molecular flexibility index (Phi) is 21.2. The molecule has 4 aromatic heterocycles. The Morgan fingerprint density at radius 3 is 1.49 bits per heavy atom. The largest absolute Gasteiger partial charge is 0.481 e. The van der Waals surface area contributed by atoms with Crippen molar-refractivity contribution < 1.29 is 83.5 Å². The lowest BCUT2D eigenvalue weighted by Crippen LogP contribution is -2.49. The number of hydrogen-bond donors (Lipinski definition) is 5. The monoisotopic (exact) mass is 1250 g/mol. The second-order valence-corrected chi connectivity index (χ2v) is 23.6. The number of pyridine rings is 4. The van der Waals surface area contributed by atoms with Crippen molar-refractivity contribution in [3.05, 3.63) is 127 Å². The number of para-hydroxylation sites is 2. The number of aliphatic hydroxyl groups is 1. The number of amides is 2. The number of nitrogens with one attached hydrogen (secondary N) is 2. The highest BCUT2D eigenvalue weighted by Crippen LogP contribution is 2.42. The van der Waals surface area contributed by atoms with Crippen LogP contribution in [0.1, 0.15) is 137 Å². The molecule has 26 heteroatoms. The van der Waals surface area contributed by atoms with Crippen LogP contribution < -0.4 is 21.8 Å². The predicted molar refractivity (Wildman–Crippen MR) is 327 cm³/mol. The van der Waals surface area contributed by atoms with Crippen LogP contribution >= 0.6 is 9.24 Å². The average Bonchev–Trinajstić information content (AvgIpc) is 1.44. The molecule has 4 aliphatic heterocycles. The first kappa shape index (κ1) is 67.4. The van der Waals surface area contributed by atoms with E-state index in [4.69, 9.17) is 50.0 Å². The molecule has 0 saturated carbocycles. The molecule has 0 fully saturated rings. The lowest BCUT2D eigenvalue weighted by Gasteiger charge is -2.35. The maximum atomic E-state index is 13.5. The summed E-state index contributed by atoms with van der Waals surface area (Å²) in [7, 11) is 2.25. The van der Waals surface area contributed by atoms with Crippen molar-refractivity contribution in [2.24, 2.45) is 0 Å². The maximum Gasteiger partial charge on any atom is 0.408 e. The minimum Gasteiger partial charge on any atom is -0.481 e. The van der Waals surface area contributed by atoms with Crippen molar-refractivity contribution in [3.63, 3.8) is 0 Å². The fourth-order valence-corrected chi connectivity index (χ4v) is 9.76. The van der Waals surface area contributed by atoms with Gasteiger partial charge in [-0.05, 0) is 112 Å². The van der Waals surface area contributed by atoms with Crippen LogP contribution in [0.3, 0.4) is 0 Å². The first-order chi connectivity index (χ1) is 42.1. The summed E-state index contributed by atoms with van der Waals surface area (Å²) in [6.07, 6.45) is -1.59. The fourth-order valence-electron chi connectivity index (χ4n) is 9.76. The Hall–Kier alpha value is -9.09. The molecule has 476 valence electrons. The number of carboxylic acids is 2. The number of esters is 4. The number of hydrogen-bond acceptors (Lipinski definition) is 19. The van der Waals surface area contributed by atoms with E-state index in [-0.39, 0.29) is 61.1 Å². The normalized spacial score (nSPS) is 16.5. The Balaban J connectivity index is 0.000000210. The van der Waals surface area contributed by atoms with E-state index in [1.54, 1.807) is 97.4 Å². The number of cyclic esters (lactones) is 2. The van der Waals surface area contributed by atoms with E-state index in [0.717, 1.165) is 38.6 Å². The molecule has 2 amide bonds.